The summed E-state index contributed by atoms with van der Waals surface area (Å²) in [5.74, 6) is 0.531. The van der Waals surface area contributed by atoms with E-state index in [1.165, 1.54) is 0 Å². The molecule has 2 aromatic heterocycles. The molecule has 0 bridgehead atoms. The zero-order valence-corrected chi connectivity index (χ0v) is 10.8. The molecule has 0 aromatic carbocycles. The number of aromatic amines is 1. The molecule has 1 fully saturated rings. The van der Waals surface area contributed by atoms with Gasteiger partial charge in [0.25, 0.3) is 0 Å². The van der Waals surface area contributed by atoms with Crippen LogP contribution in [-0.2, 0) is 0 Å². The van der Waals surface area contributed by atoms with Crippen LogP contribution in [-0.4, -0.2) is 39.4 Å². The zero-order valence-electron chi connectivity index (χ0n) is 10.0. The standard InChI is InChI=1S/C11H14ClN5O/c1-6-8-9(17-16-6)14-11(12)15-10(8)18-7-2-4-13-5-3-7/h7,13H,2-5H2,1H3,(H,14,15,16,17). The highest BCUT2D eigenvalue weighted by Crippen LogP contribution is 2.27. The molecule has 7 heteroatoms. The number of fused-ring (bicyclic) bond motifs is 1. The lowest BCUT2D eigenvalue weighted by atomic mass is 10.1. The summed E-state index contributed by atoms with van der Waals surface area (Å²) in [5, 5.41) is 11.2. The predicted molar refractivity (Wildman–Crippen MR) is 68.0 cm³/mol. The number of nitrogens with zero attached hydrogens (tertiary/aromatic N) is 3. The van der Waals surface area contributed by atoms with Crippen molar-refractivity contribution in [1.82, 2.24) is 25.5 Å². The lowest BCUT2D eigenvalue weighted by molar-refractivity contribution is 0.158. The first kappa shape index (κ1) is 11.7. The van der Waals surface area contributed by atoms with E-state index in [4.69, 9.17) is 16.3 Å². The van der Waals surface area contributed by atoms with Crippen LogP contribution in [0.3, 0.4) is 0 Å². The van der Waals surface area contributed by atoms with Gasteiger partial charge in [-0.15, -0.1) is 0 Å². The minimum atomic E-state index is 0.165. The molecule has 2 N–H and O–H groups in total. The first-order valence-electron chi connectivity index (χ1n) is 5.99. The van der Waals surface area contributed by atoms with Crippen molar-refractivity contribution in [3.05, 3.63) is 11.0 Å². The Hall–Kier alpha value is -1.40. The van der Waals surface area contributed by atoms with Gasteiger partial charge in [0, 0.05) is 5.69 Å². The van der Waals surface area contributed by atoms with Gasteiger partial charge in [-0.3, -0.25) is 5.10 Å². The Labute approximate surface area is 109 Å². The van der Waals surface area contributed by atoms with E-state index in [1.807, 2.05) is 6.92 Å². The van der Waals surface area contributed by atoms with Crippen molar-refractivity contribution < 1.29 is 4.74 Å². The lowest BCUT2D eigenvalue weighted by Gasteiger charge is -2.23. The molecule has 6 nitrogen and oxygen atoms in total. The molecule has 1 aliphatic rings. The van der Waals surface area contributed by atoms with Crippen molar-refractivity contribution >= 4 is 22.6 Å². The zero-order chi connectivity index (χ0) is 12.5. The SMILES string of the molecule is Cc1[nH]nc2nc(Cl)nc(OC3CCNCC3)c12. The Morgan fingerprint density at radius 2 is 2.06 bits per heavy atom. The van der Waals surface area contributed by atoms with Crippen molar-refractivity contribution in [3.8, 4) is 5.88 Å². The first-order chi connectivity index (χ1) is 8.74. The fraction of sp³-hybridized carbons (Fsp3) is 0.545. The number of hydrogen-bond donors (Lipinski definition) is 2. The molecule has 0 amide bonds. The van der Waals surface area contributed by atoms with Gasteiger partial charge >= 0.3 is 0 Å². The van der Waals surface area contributed by atoms with Gasteiger partial charge < -0.3 is 10.1 Å². The Bertz CT molecular complexity index is 564. The van der Waals surface area contributed by atoms with Gasteiger partial charge in [-0.05, 0) is 44.5 Å². The molecule has 2 aromatic rings. The van der Waals surface area contributed by atoms with Gasteiger partial charge in [0.15, 0.2) is 5.65 Å². The Kier molecular flexibility index (Phi) is 3.05. The lowest BCUT2D eigenvalue weighted by Crippen LogP contribution is -2.34. The van der Waals surface area contributed by atoms with E-state index in [-0.39, 0.29) is 11.4 Å². The van der Waals surface area contributed by atoms with Gasteiger partial charge in [0.2, 0.25) is 11.2 Å². The summed E-state index contributed by atoms with van der Waals surface area (Å²) in [4.78, 5) is 8.25. The molecular weight excluding hydrogens is 254 g/mol. The van der Waals surface area contributed by atoms with Gasteiger partial charge in [-0.25, -0.2) is 0 Å². The Morgan fingerprint density at radius 3 is 2.83 bits per heavy atom. The maximum Gasteiger partial charge on any atom is 0.229 e. The molecule has 3 rings (SSSR count). The molecule has 0 atom stereocenters. The van der Waals surface area contributed by atoms with Crippen molar-refractivity contribution in [2.24, 2.45) is 0 Å². The molecule has 3 heterocycles. The summed E-state index contributed by atoms with van der Waals surface area (Å²) in [6.45, 7) is 3.86. The van der Waals surface area contributed by atoms with Crippen LogP contribution in [0.1, 0.15) is 18.5 Å². The van der Waals surface area contributed by atoms with Crippen LogP contribution in [0, 0.1) is 6.92 Å². The topological polar surface area (TPSA) is 75.7 Å². The predicted octanol–water partition coefficient (Wildman–Crippen LogP) is 1.45. The highest BCUT2D eigenvalue weighted by Gasteiger charge is 2.19. The summed E-state index contributed by atoms with van der Waals surface area (Å²) < 4.78 is 5.95. The second-order valence-corrected chi connectivity index (χ2v) is 4.75. The number of aromatic nitrogens is 4. The quantitative estimate of drug-likeness (QED) is 0.806. The second-order valence-electron chi connectivity index (χ2n) is 4.41. The Morgan fingerprint density at radius 1 is 1.28 bits per heavy atom. The van der Waals surface area contributed by atoms with E-state index in [2.05, 4.69) is 25.5 Å². The van der Waals surface area contributed by atoms with Crippen LogP contribution in [0.15, 0.2) is 0 Å². The van der Waals surface area contributed by atoms with E-state index in [0.29, 0.717) is 11.5 Å². The highest BCUT2D eigenvalue weighted by molar-refractivity contribution is 6.28. The molecule has 0 spiro atoms. The fourth-order valence-electron chi connectivity index (χ4n) is 2.16. The Balaban J connectivity index is 1.96. The summed E-state index contributed by atoms with van der Waals surface area (Å²) in [6, 6.07) is 0. The van der Waals surface area contributed by atoms with Crippen molar-refractivity contribution in [3.63, 3.8) is 0 Å². The third-order valence-corrected chi connectivity index (χ3v) is 3.27. The van der Waals surface area contributed by atoms with Crippen LogP contribution in [0.25, 0.3) is 11.0 Å². The number of hydrogen-bond acceptors (Lipinski definition) is 5. The maximum absolute atomic E-state index is 5.95. The van der Waals surface area contributed by atoms with Gasteiger partial charge in [0.1, 0.15) is 11.5 Å². The average molecular weight is 268 g/mol. The molecular formula is C11H14ClN5O. The molecule has 0 radical (unpaired) electrons. The third-order valence-electron chi connectivity index (χ3n) is 3.10. The molecule has 18 heavy (non-hydrogen) atoms. The van der Waals surface area contributed by atoms with Crippen LogP contribution in [0.2, 0.25) is 5.28 Å². The van der Waals surface area contributed by atoms with Gasteiger partial charge in [-0.1, -0.05) is 0 Å². The maximum atomic E-state index is 5.95. The monoisotopic (exact) mass is 267 g/mol. The average Bonchev–Trinajstić information content (AvgIpc) is 2.72. The summed E-state index contributed by atoms with van der Waals surface area (Å²) in [5.41, 5.74) is 1.45. The second kappa shape index (κ2) is 4.70. The molecule has 0 unspecified atom stereocenters. The number of nitrogens with one attached hydrogen (secondary N) is 2. The molecule has 1 saturated heterocycles. The summed E-state index contributed by atoms with van der Waals surface area (Å²) in [6.07, 6.45) is 2.12. The first-order valence-corrected chi connectivity index (χ1v) is 6.37. The smallest absolute Gasteiger partial charge is 0.229 e. The van der Waals surface area contributed by atoms with Gasteiger partial charge in [0.05, 0.1) is 0 Å². The van der Waals surface area contributed by atoms with Crippen molar-refractivity contribution in [2.75, 3.05) is 13.1 Å². The number of H-pyrrole nitrogens is 1. The van der Waals surface area contributed by atoms with E-state index >= 15 is 0 Å². The largest absolute Gasteiger partial charge is 0.474 e. The van der Waals surface area contributed by atoms with Crippen molar-refractivity contribution in [2.45, 2.75) is 25.9 Å². The highest BCUT2D eigenvalue weighted by atomic mass is 35.5. The minimum Gasteiger partial charge on any atom is -0.474 e. The fourth-order valence-corrected chi connectivity index (χ4v) is 2.32. The van der Waals surface area contributed by atoms with E-state index in [9.17, 15) is 0 Å². The minimum absolute atomic E-state index is 0.165. The summed E-state index contributed by atoms with van der Waals surface area (Å²) in [7, 11) is 0. The molecule has 1 aliphatic heterocycles. The van der Waals surface area contributed by atoms with Crippen molar-refractivity contribution in [1.29, 1.82) is 0 Å². The molecule has 0 aliphatic carbocycles. The molecule has 0 saturated carbocycles. The number of ether oxygens (including phenoxy) is 1. The number of halogens is 1. The third kappa shape index (κ3) is 2.13. The van der Waals surface area contributed by atoms with Crippen LogP contribution < -0.4 is 10.1 Å². The van der Waals surface area contributed by atoms with Gasteiger partial charge in [-0.2, -0.15) is 15.1 Å². The number of rotatable bonds is 2. The van der Waals surface area contributed by atoms with E-state index in [1.54, 1.807) is 0 Å². The van der Waals surface area contributed by atoms with Crippen LogP contribution in [0.5, 0.6) is 5.88 Å². The van der Waals surface area contributed by atoms with E-state index in [0.717, 1.165) is 37.0 Å². The van der Waals surface area contributed by atoms with Crippen LogP contribution in [0.4, 0.5) is 0 Å². The summed E-state index contributed by atoms with van der Waals surface area (Å²) >= 11 is 5.88. The number of piperidine rings is 1. The molecule has 96 valence electrons. The van der Waals surface area contributed by atoms with Crippen LogP contribution >= 0.6 is 11.6 Å². The number of aryl methyl sites for hydroxylation is 1. The normalized spacial score (nSPS) is 17.2. The van der Waals surface area contributed by atoms with E-state index < -0.39 is 0 Å².